The lowest BCUT2D eigenvalue weighted by Gasteiger charge is -2.43. The number of quaternary nitrogens is 1. The standard InChI is InChI=1S/C25H44N.ClH/c1-5-9-10-11-12-13-14-15-16-20-23-26(7-3,8-4)25(6-2)24-21-18-17-19-22-24;/h6,17-19,21-22,25H,2,5,7-16,20,23H2,1,3-4H3;1H/q+1;/p-1. The molecule has 0 spiro atoms. The number of unbranched alkanes of at least 4 members (excludes halogenated alkanes) is 9. The first kappa shape index (κ1) is 26.2. The number of hydrogen-bond acceptors (Lipinski definition) is 0. The molecule has 0 fully saturated rings. The number of likely N-dealkylation sites (N-methyl/N-ethyl adjacent to an activating group) is 1. The summed E-state index contributed by atoms with van der Waals surface area (Å²) in [5.74, 6) is 0. The first-order valence-corrected chi connectivity index (χ1v) is 11.3. The fraction of sp³-hybridized carbons (Fsp3) is 0.680. The van der Waals surface area contributed by atoms with E-state index in [2.05, 4.69) is 63.8 Å². The van der Waals surface area contributed by atoms with Gasteiger partial charge in [0.05, 0.1) is 19.6 Å². The minimum atomic E-state index is 0. The Hall–Kier alpha value is -0.790. The second-order valence-electron chi connectivity index (χ2n) is 7.85. The highest BCUT2D eigenvalue weighted by Crippen LogP contribution is 2.30. The molecular weight excluding hydrogens is 350 g/mol. The number of nitrogens with zero attached hydrogens (tertiary/aromatic N) is 1. The van der Waals surface area contributed by atoms with Crippen LogP contribution in [0.1, 0.15) is 96.6 Å². The van der Waals surface area contributed by atoms with Crippen molar-refractivity contribution < 1.29 is 16.9 Å². The molecule has 0 saturated carbocycles. The van der Waals surface area contributed by atoms with Gasteiger partial charge in [0.2, 0.25) is 0 Å². The molecule has 0 aromatic heterocycles. The largest absolute Gasteiger partial charge is 1.00 e. The third-order valence-corrected chi connectivity index (χ3v) is 6.17. The van der Waals surface area contributed by atoms with E-state index in [0.717, 1.165) is 4.48 Å². The van der Waals surface area contributed by atoms with Gasteiger partial charge < -0.3 is 16.9 Å². The minimum Gasteiger partial charge on any atom is -1.00 e. The Labute approximate surface area is 176 Å². The summed E-state index contributed by atoms with van der Waals surface area (Å²) >= 11 is 0. The smallest absolute Gasteiger partial charge is 0.133 e. The number of halogens is 1. The molecule has 0 heterocycles. The van der Waals surface area contributed by atoms with Crippen LogP contribution in [0.2, 0.25) is 0 Å². The van der Waals surface area contributed by atoms with Crippen LogP contribution in [-0.4, -0.2) is 24.1 Å². The SMILES string of the molecule is C=CC(c1ccccc1)[N+](CC)(CC)CCCCCCCCCCCC.[Cl-]. The molecule has 1 atom stereocenters. The summed E-state index contributed by atoms with van der Waals surface area (Å²) in [6.07, 6.45) is 16.3. The van der Waals surface area contributed by atoms with Crippen molar-refractivity contribution in [2.24, 2.45) is 0 Å². The third kappa shape index (κ3) is 9.30. The third-order valence-electron chi connectivity index (χ3n) is 6.17. The lowest BCUT2D eigenvalue weighted by atomic mass is 10.0. The summed E-state index contributed by atoms with van der Waals surface area (Å²) < 4.78 is 1.14. The maximum atomic E-state index is 4.18. The molecule has 0 N–H and O–H groups in total. The lowest BCUT2D eigenvalue weighted by molar-refractivity contribution is -0.947. The van der Waals surface area contributed by atoms with Crippen molar-refractivity contribution in [3.63, 3.8) is 0 Å². The fourth-order valence-corrected chi connectivity index (χ4v) is 4.31. The molecule has 0 radical (unpaired) electrons. The van der Waals surface area contributed by atoms with Gasteiger partial charge >= 0.3 is 0 Å². The molecule has 0 aliphatic rings. The predicted molar refractivity (Wildman–Crippen MR) is 117 cm³/mol. The molecule has 1 nitrogen and oxygen atoms in total. The molecule has 1 aromatic carbocycles. The van der Waals surface area contributed by atoms with Crippen LogP contribution in [0, 0.1) is 0 Å². The topological polar surface area (TPSA) is 0 Å². The Morgan fingerprint density at radius 3 is 1.70 bits per heavy atom. The highest BCUT2D eigenvalue weighted by atomic mass is 35.5. The highest BCUT2D eigenvalue weighted by molar-refractivity contribution is 5.20. The molecular formula is C25H44ClN. The number of benzene rings is 1. The zero-order valence-electron chi connectivity index (χ0n) is 18.3. The van der Waals surface area contributed by atoms with Crippen LogP contribution >= 0.6 is 0 Å². The van der Waals surface area contributed by atoms with E-state index in [4.69, 9.17) is 0 Å². The Bertz CT molecular complexity index is 453. The van der Waals surface area contributed by atoms with Crippen LogP contribution in [0.15, 0.2) is 43.0 Å². The van der Waals surface area contributed by atoms with Gasteiger partial charge in [-0.05, 0) is 32.8 Å². The first-order valence-electron chi connectivity index (χ1n) is 11.3. The quantitative estimate of drug-likeness (QED) is 0.217. The van der Waals surface area contributed by atoms with Gasteiger partial charge in [0.1, 0.15) is 6.04 Å². The summed E-state index contributed by atoms with van der Waals surface area (Å²) in [7, 11) is 0. The van der Waals surface area contributed by atoms with E-state index >= 15 is 0 Å². The lowest BCUT2D eigenvalue weighted by Crippen LogP contribution is -3.00. The molecule has 1 unspecified atom stereocenters. The molecule has 0 bridgehead atoms. The van der Waals surface area contributed by atoms with Crippen molar-refractivity contribution in [2.75, 3.05) is 19.6 Å². The van der Waals surface area contributed by atoms with Crippen molar-refractivity contribution in [3.8, 4) is 0 Å². The van der Waals surface area contributed by atoms with Crippen LogP contribution in [0.4, 0.5) is 0 Å². The van der Waals surface area contributed by atoms with E-state index in [9.17, 15) is 0 Å². The van der Waals surface area contributed by atoms with E-state index < -0.39 is 0 Å². The van der Waals surface area contributed by atoms with Crippen molar-refractivity contribution in [1.29, 1.82) is 0 Å². The molecule has 0 aliphatic heterocycles. The van der Waals surface area contributed by atoms with Gasteiger partial charge in [-0.15, -0.1) is 0 Å². The molecule has 1 rings (SSSR count). The molecule has 1 aromatic rings. The average Bonchev–Trinajstić information content (AvgIpc) is 2.69. The highest BCUT2D eigenvalue weighted by Gasteiger charge is 2.32. The van der Waals surface area contributed by atoms with Crippen molar-refractivity contribution in [2.45, 2.75) is 91.0 Å². The fourth-order valence-electron chi connectivity index (χ4n) is 4.31. The molecule has 0 aliphatic carbocycles. The van der Waals surface area contributed by atoms with Crippen molar-refractivity contribution in [3.05, 3.63) is 48.6 Å². The van der Waals surface area contributed by atoms with E-state index in [1.807, 2.05) is 0 Å². The molecule has 0 amide bonds. The van der Waals surface area contributed by atoms with Gasteiger partial charge in [0.25, 0.3) is 0 Å². The molecule has 0 saturated heterocycles. The van der Waals surface area contributed by atoms with Crippen molar-refractivity contribution in [1.82, 2.24) is 0 Å². The summed E-state index contributed by atoms with van der Waals surface area (Å²) in [5.41, 5.74) is 1.42. The van der Waals surface area contributed by atoms with Crippen LogP contribution in [-0.2, 0) is 0 Å². The number of hydrogen-bond donors (Lipinski definition) is 0. The van der Waals surface area contributed by atoms with E-state index in [1.165, 1.54) is 89.4 Å². The van der Waals surface area contributed by atoms with E-state index in [-0.39, 0.29) is 12.4 Å². The van der Waals surface area contributed by atoms with Gasteiger partial charge in [-0.1, -0.05) is 95.2 Å². The monoisotopic (exact) mass is 393 g/mol. The first-order chi connectivity index (χ1) is 12.7. The van der Waals surface area contributed by atoms with E-state index in [1.54, 1.807) is 0 Å². The maximum Gasteiger partial charge on any atom is 0.133 e. The van der Waals surface area contributed by atoms with Crippen LogP contribution in [0.3, 0.4) is 0 Å². The van der Waals surface area contributed by atoms with Crippen LogP contribution in [0.5, 0.6) is 0 Å². The second-order valence-corrected chi connectivity index (χ2v) is 7.85. The zero-order chi connectivity index (χ0) is 19.1. The zero-order valence-corrected chi connectivity index (χ0v) is 19.0. The molecule has 156 valence electrons. The Balaban J connectivity index is 0.00000676. The van der Waals surface area contributed by atoms with Crippen LogP contribution in [0.25, 0.3) is 0 Å². The van der Waals surface area contributed by atoms with Gasteiger partial charge in [0.15, 0.2) is 0 Å². The predicted octanol–water partition coefficient (Wildman–Crippen LogP) is 4.70. The minimum absolute atomic E-state index is 0. The van der Waals surface area contributed by atoms with Gasteiger partial charge in [0, 0.05) is 5.56 Å². The van der Waals surface area contributed by atoms with Crippen LogP contribution < -0.4 is 12.4 Å². The maximum absolute atomic E-state index is 4.18. The number of rotatable bonds is 16. The summed E-state index contributed by atoms with van der Waals surface area (Å²) in [6, 6.07) is 11.4. The Kier molecular flexibility index (Phi) is 15.7. The normalized spacial score (nSPS) is 12.4. The molecule has 2 heteroatoms. The summed E-state index contributed by atoms with van der Waals surface area (Å²) in [6.45, 7) is 14.8. The summed E-state index contributed by atoms with van der Waals surface area (Å²) in [4.78, 5) is 0. The van der Waals surface area contributed by atoms with Gasteiger partial charge in [-0.2, -0.15) is 0 Å². The summed E-state index contributed by atoms with van der Waals surface area (Å²) in [5, 5.41) is 0. The van der Waals surface area contributed by atoms with E-state index in [0.29, 0.717) is 6.04 Å². The van der Waals surface area contributed by atoms with Gasteiger partial charge in [-0.25, -0.2) is 0 Å². The second kappa shape index (κ2) is 16.2. The van der Waals surface area contributed by atoms with Crippen molar-refractivity contribution >= 4 is 0 Å². The van der Waals surface area contributed by atoms with Gasteiger partial charge in [-0.3, -0.25) is 0 Å². The molecule has 27 heavy (non-hydrogen) atoms. The average molecular weight is 394 g/mol. The Morgan fingerprint density at radius 2 is 1.26 bits per heavy atom. The Morgan fingerprint density at radius 1 is 0.778 bits per heavy atom.